The summed E-state index contributed by atoms with van der Waals surface area (Å²) in [5.41, 5.74) is 3.66. The van der Waals surface area contributed by atoms with Crippen LogP contribution in [0.5, 0.6) is 17.4 Å². The number of piperazine rings is 1. The molecule has 2 aliphatic heterocycles. The van der Waals surface area contributed by atoms with Crippen molar-refractivity contribution in [2.75, 3.05) is 46.4 Å². The Kier molecular flexibility index (Phi) is 6.66. The van der Waals surface area contributed by atoms with Gasteiger partial charge in [0.15, 0.2) is 17.4 Å². The van der Waals surface area contributed by atoms with Crippen molar-refractivity contribution >= 4 is 28.2 Å². The zero-order valence-corrected chi connectivity index (χ0v) is 21.6. The molecule has 3 aromatic carbocycles. The number of nitrogens with one attached hydrogen (secondary N) is 1. The maximum atomic E-state index is 13.9. The minimum absolute atomic E-state index is 0.112. The largest absolute Gasteiger partial charge is 0.494 e. The van der Waals surface area contributed by atoms with Gasteiger partial charge in [-0.2, -0.15) is 0 Å². The van der Waals surface area contributed by atoms with Crippen molar-refractivity contribution in [3.63, 3.8) is 0 Å². The predicted molar refractivity (Wildman–Crippen MR) is 147 cm³/mol. The van der Waals surface area contributed by atoms with E-state index in [0.29, 0.717) is 64.6 Å². The molecule has 3 heterocycles. The Labute approximate surface area is 225 Å². The first-order valence-electron chi connectivity index (χ1n) is 13.0. The van der Waals surface area contributed by atoms with Gasteiger partial charge in [0.25, 0.3) is 0 Å². The van der Waals surface area contributed by atoms with Gasteiger partial charge in [0.05, 0.1) is 28.9 Å². The van der Waals surface area contributed by atoms with E-state index >= 15 is 0 Å². The van der Waals surface area contributed by atoms with Gasteiger partial charge in [0, 0.05) is 37.1 Å². The van der Waals surface area contributed by atoms with E-state index in [1.807, 2.05) is 47.4 Å². The standard InChI is InChI=1S/C30H29FN4O4/c1-34-10-12-35(13-11-34)27(36)16-19-2-6-22(7-3-19)32-29(20-4-9-25-26(17-20)39-15-14-38-25)28-23-8-5-21(31)18-24(23)33-30(28)37/h2-9,17-18,33,37H,10-16H2,1H3. The summed E-state index contributed by atoms with van der Waals surface area (Å²) in [4.78, 5) is 24.7. The molecule has 200 valence electrons. The quantitative estimate of drug-likeness (QED) is 0.378. The Bertz CT molecular complexity index is 1560. The number of likely N-dealkylation sites (N-methyl/N-ethyl adjacent to an activating group) is 1. The van der Waals surface area contributed by atoms with Crippen molar-refractivity contribution in [2.45, 2.75) is 6.42 Å². The van der Waals surface area contributed by atoms with Gasteiger partial charge < -0.3 is 29.4 Å². The van der Waals surface area contributed by atoms with E-state index in [9.17, 15) is 14.3 Å². The molecule has 1 aromatic heterocycles. The van der Waals surface area contributed by atoms with Crippen molar-refractivity contribution < 1.29 is 23.8 Å². The van der Waals surface area contributed by atoms with E-state index in [0.717, 1.165) is 31.7 Å². The fourth-order valence-electron chi connectivity index (χ4n) is 5.01. The average molecular weight is 529 g/mol. The molecule has 1 amide bonds. The smallest absolute Gasteiger partial charge is 0.227 e. The molecule has 0 atom stereocenters. The van der Waals surface area contributed by atoms with E-state index < -0.39 is 5.82 Å². The van der Waals surface area contributed by atoms with Crippen LogP contribution in [-0.2, 0) is 11.2 Å². The second-order valence-electron chi connectivity index (χ2n) is 9.88. The van der Waals surface area contributed by atoms with Crippen LogP contribution in [0.4, 0.5) is 10.1 Å². The van der Waals surface area contributed by atoms with Crippen LogP contribution in [0.3, 0.4) is 0 Å². The zero-order chi connectivity index (χ0) is 26.9. The Morgan fingerprint density at radius 2 is 1.72 bits per heavy atom. The molecule has 1 fully saturated rings. The Hall–Kier alpha value is -4.37. The van der Waals surface area contributed by atoms with Crippen LogP contribution in [0.15, 0.2) is 65.7 Å². The number of aliphatic imine (C=N–C) groups is 1. The number of rotatable bonds is 5. The first-order chi connectivity index (χ1) is 18.9. The zero-order valence-electron chi connectivity index (χ0n) is 21.6. The molecule has 2 N–H and O–H groups in total. The van der Waals surface area contributed by atoms with Crippen LogP contribution in [0.1, 0.15) is 16.7 Å². The third kappa shape index (κ3) is 5.18. The molecule has 0 radical (unpaired) electrons. The number of carbonyl (C=O) groups excluding carboxylic acids is 1. The number of aromatic nitrogens is 1. The number of aromatic amines is 1. The van der Waals surface area contributed by atoms with Gasteiger partial charge >= 0.3 is 0 Å². The van der Waals surface area contributed by atoms with Gasteiger partial charge in [-0.1, -0.05) is 12.1 Å². The number of H-pyrrole nitrogens is 1. The lowest BCUT2D eigenvalue weighted by Crippen LogP contribution is -2.47. The molecule has 2 aliphatic rings. The predicted octanol–water partition coefficient (Wildman–Crippen LogP) is 4.27. The van der Waals surface area contributed by atoms with E-state index in [2.05, 4.69) is 16.9 Å². The molecule has 4 aromatic rings. The summed E-state index contributed by atoms with van der Waals surface area (Å²) >= 11 is 0. The number of hydrogen-bond acceptors (Lipinski definition) is 6. The highest BCUT2D eigenvalue weighted by Crippen LogP contribution is 2.36. The number of amides is 1. The maximum Gasteiger partial charge on any atom is 0.227 e. The van der Waals surface area contributed by atoms with Crippen molar-refractivity contribution in [3.8, 4) is 17.4 Å². The summed E-state index contributed by atoms with van der Waals surface area (Å²) in [6.45, 7) is 4.18. The number of aromatic hydroxyl groups is 1. The first-order valence-corrected chi connectivity index (χ1v) is 13.0. The lowest BCUT2D eigenvalue weighted by Gasteiger charge is -2.32. The van der Waals surface area contributed by atoms with Gasteiger partial charge in [-0.05, 0) is 61.1 Å². The van der Waals surface area contributed by atoms with E-state index in [1.54, 1.807) is 6.07 Å². The van der Waals surface area contributed by atoms with E-state index in [1.165, 1.54) is 12.1 Å². The molecule has 0 saturated carbocycles. The summed E-state index contributed by atoms with van der Waals surface area (Å²) in [6.07, 6.45) is 0.331. The van der Waals surface area contributed by atoms with Crippen molar-refractivity contribution in [2.24, 2.45) is 4.99 Å². The average Bonchev–Trinajstić information content (AvgIpc) is 3.27. The normalized spacial score (nSPS) is 16.1. The summed E-state index contributed by atoms with van der Waals surface area (Å²) in [5.74, 6) is 0.833. The molecule has 9 heteroatoms. The lowest BCUT2D eigenvalue weighted by atomic mass is 10.00. The molecule has 6 rings (SSSR count). The number of halogens is 1. The lowest BCUT2D eigenvalue weighted by molar-refractivity contribution is -0.132. The Morgan fingerprint density at radius 1 is 0.974 bits per heavy atom. The summed E-state index contributed by atoms with van der Waals surface area (Å²) < 4.78 is 25.4. The van der Waals surface area contributed by atoms with Gasteiger partial charge in [0.1, 0.15) is 19.0 Å². The van der Waals surface area contributed by atoms with Gasteiger partial charge in [-0.25, -0.2) is 9.38 Å². The molecule has 0 spiro atoms. The fourth-order valence-corrected chi connectivity index (χ4v) is 5.01. The Morgan fingerprint density at radius 3 is 2.49 bits per heavy atom. The summed E-state index contributed by atoms with van der Waals surface area (Å²) in [7, 11) is 2.06. The number of carbonyl (C=O) groups is 1. The summed E-state index contributed by atoms with van der Waals surface area (Å²) in [6, 6.07) is 17.3. The highest BCUT2D eigenvalue weighted by atomic mass is 19.1. The van der Waals surface area contributed by atoms with Crippen molar-refractivity contribution in [1.29, 1.82) is 0 Å². The van der Waals surface area contributed by atoms with Crippen LogP contribution in [-0.4, -0.2) is 77.9 Å². The molecular formula is C30H29FN4O4. The first kappa shape index (κ1) is 24.9. The van der Waals surface area contributed by atoms with E-state index in [-0.39, 0.29) is 11.8 Å². The molecule has 8 nitrogen and oxygen atoms in total. The van der Waals surface area contributed by atoms with Crippen molar-refractivity contribution in [1.82, 2.24) is 14.8 Å². The molecule has 0 bridgehead atoms. The fraction of sp³-hybridized carbons (Fsp3) is 0.267. The van der Waals surface area contributed by atoms with Gasteiger partial charge in [-0.3, -0.25) is 4.79 Å². The third-order valence-electron chi connectivity index (χ3n) is 7.18. The maximum absolute atomic E-state index is 13.9. The highest BCUT2D eigenvalue weighted by molar-refractivity contribution is 6.22. The molecule has 1 saturated heterocycles. The Balaban J connectivity index is 1.35. The molecular weight excluding hydrogens is 499 g/mol. The minimum atomic E-state index is -0.408. The second kappa shape index (κ2) is 10.4. The van der Waals surface area contributed by atoms with Crippen LogP contribution in [0.2, 0.25) is 0 Å². The monoisotopic (exact) mass is 528 g/mol. The number of ether oxygens (including phenoxy) is 2. The number of benzene rings is 3. The SMILES string of the molecule is CN1CCN(C(=O)Cc2ccc(N=C(c3ccc4c(c3)OCCO4)c3c(O)[nH]c4cc(F)ccc34)cc2)CC1. The molecule has 0 aliphatic carbocycles. The van der Waals surface area contributed by atoms with Gasteiger partial charge in [0.2, 0.25) is 5.91 Å². The van der Waals surface area contributed by atoms with Crippen LogP contribution in [0.25, 0.3) is 10.9 Å². The topological polar surface area (TPSA) is 90.4 Å². The van der Waals surface area contributed by atoms with Gasteiger partial charge in [-0.15, -0.1) is 0 Å². The number of nitrogens with zero attached hydrogens (tertiary/aromatic N) is 3. The van der Waals surface area contributed by atoms with Crippen LogP contribution in [0, 0.1) is 5.82 Å². The summed E-state index contributed by atoms with van der Waals surface area (Å²) in [5, 5.41) is 11.5. The van der Waals surface area contributed by atoms with Crippen LogP contribution >= 0.6 is 0 Å². The van der Waals surface area contributed by atoms with Crippen LogP contribution < -0.4 is 9.47 Å². The molecule has 39 heavy (non-hydrogen) atoms. The van der Waals surface area contributed by atoms with Crippen molar-refractivity contribution in [3.05, 3.63) is 83.2 Å². The second-order valence-corrected chi connectivity index (χ2v) is 9.88. The number of hydrogen-bond donors (Lipinski definition) is 2. The highest BCUT2D eigenvalue weighted by Gasteiger charge is 2.22. The third-order valence-corrected chi connectivity index (χ3v) is 7.18. The molecule has 0 unspecified atom stereocenters. The van der Waals surface area contributed by atoms with E-state index in [4.69, 9.17) is 14.5 Å². The number of fused-ring (bicyclic) bond motifs is 2. The minimum Gasteiger partial charge on any atom is -0.494 e.